The van der Waals surface area contributed by atoms with Crippen molar-refractivity contribution in [1.29, 1.82) is 0 Å². The van der Waals surface area contributed by atoms with Crippen LogP contribution in [0.15, 0.2) is 6.20 Å². The highest BCUT2D eigenvalue weighted by molar-refractivity contribution is 5.20. The minimum atomic E-state index is 0.455. The first kappa shape index (κ1) is 15.0. The van der Waals surface area contributed by atoms with Gasteiger partial charge in [0, 0.05) is 37.0 Å². The van der Waals surface area contributed by atoms with Gasteiger partial charge >= 0.3 is 0 Å². The van der Waals surface area contributed by atoms with E-state index in [2.05, 4.69) is 35.1 Å². The fraction of sp³-hybridized carbons (Fsp3) is 0.824. The van der Waals surface area contributed by atoms with E-state index in [1.165, 1.54) is 43.4 Å². The monoisotopic (exact) mass is 291 g/mol. The third-order valence-corrected chi connectivity index (χ3v) is 4.69. The van der Waals surface area contributed by atoms with Crippen molar-refractivity contribution in [3.8, 4) is 0 Å². The van der Waals surface area contributed by atoms with Crippen molar-refractivity contribution >= 4 is 0 Å². The predicted molar refractivity (Wildman–Crippen MR) is 84.2 cm³/mol. The second-order valence-corrected chi connectivity index (χ2v) is 7.04. The molecule has 4 heteroatoms. The molecule has 0 aromatic carbocycles. The summed E-state index contributed by atoms with van der Waals surface area (Å²) in [5, 5.41) is 8.21. The van der Waals surface area contributed by atoms with Crippen LogP contribution in [0.5, 0.6) is 0 Å². The molecule has 0 radical (unpaired) electrons. The van der Waals surface area contributed by atoms with Crippen LogP contribution < -0.4 is 5.32 Å². The molecule has 4 nitrogen and oxygen atoms in total. The molecule has 1 saturated carbocycles. The molecule has 1 aliphatic heterocycles. The number of rotatable bonds is 6. The van der Waals surface area contributed by atoms with Crippen LogP contribution in [-0.2, 0) is 24.2 Å². The zero-order chi connectivity index (χ0) is 14.7. The average Bonchev–Trinajstić information content (AvgIpc) is 3.07. The van der Waals surface area contributed by atoms with Crippen LogP contribution in [0.25, 0.3) is 0 Å². The SMILES string of the molecule is CC(C)CO[C@@H]1CCC[C@H](NCc2cnn3c2CCC3)C1. The number of aryl methyl sites for hydroxylation is 1. The third-order valence-electron chi connectivity index (χ3n) is 4.69. The van der Waals surface area contributed by atoms with Crippen molar-refractivity contribution in [2.45, 2.75) is 77.6 Å². The molecular formula is C17H29N3O. The number of nitrogens with zero attached hydrogens (tertiary/aromatic N) is 2. The molecule has 3 rings (SSSR count). The lowest BCUT2D eigenvalue weighted by molar-refractivity contribution is 0.00569. The Labute approximate surface area is 128 Å². The Bertz CT molecular complexity index is 455. The summed E-state index contributed by atoms with van der Waals surface area (Å²) >= 11 is 0. The van der Waals surface area contributed by atoms with Gasteiger partial charge in [-0.05, 0) is 44.4 Å². The molecule has 0 saturated heterocycles. The number of aromatic nitrogens is 2. The first-order valence-electron chi connectivity index (χ1n) is 8.61. The molecule has 2 atom stereocenters. The molecule has 0 spiro atoms. The van der Waals surface area contributed by atoms with E-state index in [9.17, 15) is 0 Å². The van der Waals surface area contributed by atoms with Crippen LogP contribution in [0.4, 0.5) is 0 Å². The lowest BCUT2D eigenvalue weighted by Gasteiger charge is -2.30. The maximum Gasteiger partial charge on any atom is 0.0590 e. The molecule has 1 fully saturated rings. The highest BCUT2D eigenvalue weighted by atomic mass is 16.5. The summed E-state index contributed by atoms with van der Waals surface area (Å²) in [5.41, 5.74) is 2.85. The highest BCUT2D eigenvalue weighted by Crippen LogP contribution is 2.23. The molecule has 0 bridgehead atoms. The fourth-order valence-electron chi connectivity index (χ4n) is 3.54. The van der Waals surface area contributed by atoms with E-state index in [1.54, 1.807) is 0 Å². The minimum absolute atomic E-state index is 0.455. The van der Waals surface area contributed by atoms with Crippen LogP contribution in [0.3, 0.4) is 0 Å². The van der Waals surface area contributed by atoms with Gasteiger partial charge < -0.3 is 10.1 Å². The molecule has 2 heterocycles. The maximum atomic E-state index is 6.03. The Balaban J connectivity index is 1.46. The molecule has 1 aromatic heterocycles. The molecule has 21 heavy (non-hydrogen) atoms. The van der Waals surface area contributed by atoms with Gasteiger partial charge in [-0.1, -0.05) is 13.8 Å². The van der Waals surface area contributed by atoms with Gasteiger partial charge in [0.15, 0.2) is 0 Å². The predicted octanol–water partition coefficient (Wildman–Crippen LogP) is 2.90. The number of nitrogens with one attached hydrogen (secondary N) is 1. The molecule has 1 aliphatic carbocycles. The van der Waals surface area contributed by atoms with Crippen LogP contribution in [-0.4, -0.2) is 28.5 Å². The van der Waals surface area contributed by atoms with E-state index in [-0.39, 0.29) is 0 Å². The summed E-state index contributed by atoms with van der Waals surface area (Å²) in [6.07, 6.45) is 9.92. The Kier molecular flexibility index (Phi) is 4.96. The first-order valence-corrected chi connectivity index (χ1v) is 8.61. The quantitative estimate of drug-likeness (QED) is 0.876. The number of hydrogen-bond donors (Lipinski definition) is 1. The smallest absolute Gasteiger partial charge is 0.0590 e. The Morgan fingerprint density at radius 2 is 2.29 bits per heavy atom. The van der Waals surface area contributed by atoms with Crippen LogP contribution >= 0.6 is 0 Å². The maximum absolute atomic E-state index is 6.03. The van der Waals surface area contributed by atoms with Crippen molar-refractivity contribution in [2.75, 3.05) is 6.61 Å². The van der Waals surface area contributed by atoms with Crippen molar-refractivity contribution in [3.63, 3.8) is 0 Å². The van der Waals surface area contributed by atoms with E-state index in [1.807, 2.05) is 0 Å². The van der Waals surface area contributed by atoms with Crippen molar-refractivity contribution in [3.05, 3.63) is 17.5 Å². The highest BCUT2D eigenvalue weighted by Gasteiger charge is 2.23. The largest absolute Gasteiger partial charge is 0.378 e. The fourth-order valence-corrected chi connectivity index (χ4v) is 3.54. The second-order valence-electron chi connectivity index (χ2n) is 7.04. The van der Waals surface area contributed by atoms with Gasteiger partial charge in [0.1, 0.15) is 0 Å². The normalized spacial score (nSPS) is 25.5. The summed E-state index contributed by atoms with van der Waals surface area (Å²) in [6.45, 7) is 7.41. The number of fused-ring (bicyclic) bond motifs is 1. The zero-order valence-electron chi connectivity index (χ0n) is 13.5. The topological polar surface area (TPSA) is 39.1 Å². The molecule has 1 N–H and O–H groups in total. The van der Waals surface area contributed by atoms with Gasteiger partial charge in [-0.2, -0.15) is 5.10 Å². The zero-order valence-corrected chi connectivity index (χ0v) is 13.5. The van der Waals surface area contributed by atoms with Gasteiger partial charge in [0.25, 0.3) is 0 Å². The van der Waals surface area contributed by atoms with E-state index in [0.717, 1.165) is 26.1 Å². The molecule has 2 aliphatic rings. The second kappa shape index (κ2) is 6.93. The van der Waals surface area contributed by atoms with Gasteiger partial charge in [-0.15, -0.1) is 0 Å². The Hall–Kier alpha value is -0.870. The lowest BCUT2D eigenvalue weighted by atomic mass is 9.92. The first-order chi connectivity index (χ1) is 10.2. The van der Waals surface area contributed by atoms with Crippen LogP contribution in [0.2, 0.25) is 0 Å². The minimum Gasteiger partial charge on any atom is -0.378 e. The van der Waals surface area contributed by atoms with Gasteiger partial charge in [0.2, 0.25) is 0 Å². The number of ether oxygens (including phenoxy) is 1. The lowest BCUT2D eigenvalue weighted by Crippen LogP contribution is -2.37. The third kappa shape index (κ3) is 3.86. The molecule has 0 unspecified atom stereocenters. The van der Waals surface area contributed by atoms with E-state index >= 15 is 0 Å². The molecule has 118 valence electrons. The van der Waals surface area contributed by atoms with E-state index in [0.29, 0.717) is 18.1 Å². The van der Waals surface area contributed by atoms with Crippen LogP contribution in [0.1, 0.15) is 57.2 Å². The number of hydrogen-bond acceptors (Lipinski definition) is 3. The van der Waals surface area contributed by atoms with E-state index < -0.39 is 0 Å². The van der Waals surface area contributed by atoms with Crippen LogP contribution in [0, 0.1) is 5.92 Å². The summed E-state index contributed by atoms with van der Waals surface area (Å²) in [7, 11) is 0. The summed E-state index contributed by atoms with van der Waals surface area (Å²) in [4.78, 5) is 0. The van der Waals surface area contributed by atoms with E-state index in [4.69, 9.17) is 4.74 Å². The molecule has 0 amide bonds. The van der Waals surface area contributed by atoms with Crippen molar-refractivity contribution in [1.82, 2.24) is 15.1 Å². The van der Waals surface area contributed by atoms with Gasteiger partial charge in [-0.3, -0.25) is 4.68 Å². The molecule has 1 aromatic rings. The summed E-state index contributed by atoms with van der Waals surface area (Å²) in [5.74, 6) is 0.633. The Morgan fingerprint density at radius 1 is 1.38 bits per heavy atom. The molecular weight excluding hydrogens is 262 g/mol. The van der Waals surface area contributed by atoms with Gasteiger partial charge in [-0.25, -0.2) is 0 Å². The van der Waals surface area contributed by atoms with Gasteiger partial charge in [0.05, 0.1) is 12.3 Å². The summed E-state index contributed by atoms with van der Waals surface area (Å²) < 4.78 is 8.20. The Morgan fingerprint density at radius 3 is 3.14 bits per heavy atom. The standard InChI is InChI=1S/C17H29N3O/c1-13(2)12-21-16-6-3-5-15(9-16)18-10-14-11-19-20-8-4-7-17(14)20/h11,13,15-16,18H,3-10,12H2,1-2H3/t15-,16+/m0/s1. The van der Waals surface area contributed by atoms with Crippen molar-refractivity contribution < 1.29 is 4.74 Å². The van der Waals surface area contributed by atoms with Crippen molar-refractivity contribution in [2.24, 2.45) is 5.92 Å². The summed E-state index contributed by atoms with van der Waals surface area (Å²) in [6, 6.07) is 0.605. The average molecular weight is 291 g/mol.